The third-order valence-electron chi connectivity index (χ3n) is 3.72. The van der Waals surface area contributed by atoms with Crippen LogP contribution < -0.4 is 5.32 Å². The van der Waals surface area contributed by atoms with Crippen molar-refractivity contribution in [1.82, 2.24) is 0 Å². The molecule has 2 unspecified atom stereocenters. The maximum atomic E-state index is 10.8. The van der Waals surface area contributed by atoms with Crippen LogP contribution in [-0.2, 0) is 0 Å². The lowest BCUT2D eigenvalue weighted by Gasteiger charge is -2.16. The Bertz CT molecular complexity index is 403. The molecule has 92 valence electrons. The fourth-order valence-electron chi connectivity index (χ4n) is 2.54. The Morgan fingerprint density at radius 2 is 2.29 bits per heavy atom. The summed E-state index contributed by atoms with van der Waals surface area (Å²) in [6.07, 6.45) is 3.93. The second-order valence-electron chi connectivity index (χ2n) is 4.94. The Hall–Kier alpha value is -1.51. The fraction of sp³-hybridized carbons (Fsp3) is 0.500. The minimum absolute atomic E-state index is 0.342. The number of anilines is 1. The summed E-state index contributed by atoms with van der Waals surface area (Å²) in [6, 6.07) is 7.02. The molecule has 0 bridgehead atoms. The molecule has 0 aromatic heterocycles. The smallest absolute Gasteiger partial charge is 0.335 e. The monoisotopic (exact) mass is 233 g/mol. The molecule has 0 amide bonds. The van der Waals surface area contributed by atoms with Gasteiger partial charge >= 0.3 is 5.97 Å². The standard InChI is InChI=1S/C14H19NO2/c1-10-4-2-6-12(10)9-15-13-7-3-5-11(8-13)14(16)17/h3,5,7-8,10,12,15H,2,4,6,9H2,1H3,(H,16,17). The normalized spacial score (nSPS) is 23.6. The highest BCUT2D eigenvalue weighted by atomic mass is 16.4. The molecule has 1 saturated carbocycles. The summed E-state index contributed by atoms with van der Waals surface area (Å²) < 4.78 is 0. The Morgan fingerprint density at radius 3 is 2.94 bits per heavy atom. The summed E-state index contributed by atoms with van der Waals surface area (Å²) in [5.41, 5.74) is 1.25. The number of nitrogens with one attached hydrogen (secondary N) is 1. The van der Waals surface area contributed by atoms with Gasteiger partial charge < -0.3 is 10.4 Å². The first-order chi connectivity index (χ1) is 8.16. The van der Waals surface area contributed by atoms with E-state index in [1.807, 2.05) is 6.07 Å². The molecule has 1 aromatic rings. The van der Waals surface area contributed by atoms with E-state index in [1.54, 1.807) is 18.2 Å². The van der Waals surface area contributed by atoms with Crippen molar-refractivity contribution in [3.05, 3.63) is 29.8 Å². The number of benzene rings is 1. The van der Waals surface area contributed by atoms with Gasteiger partial charge in [0.2, 0.25) is 0 Å². The Balaban J connectivity index is 1.94. The van der Waals surface area contributed by atoms with E-state index in [2.05, 4.69) is 12.2 Å². The van der Waals surface area contributed by atoms with Crippen LogP contribution in [0.25, 0.3) is 0 Å². The molecule has 0 radical (unpaired) electrons. The average Bonchev–Trinajstić information content (AvgIpc) is 2.72. The topological polar surface area (TPSA) is 49.3 Å². The molecule has 1 fully saturated rings. The molecular weight excluding hydrogens is 214 g/mol. The van der Waals surface area contributed by atoms with E-state index in [0.717, 1.165) is 24.1 Å². The van der Waals surface area contributed by atoms with Gasteiger partial charge in [0.15, 0.2) is 0 Å². The second-order valence-corrected chi connectivity index (χ2v) is 4.94. The van der Waals surface area contributed by atoms with Crippen LogP contribution in [0.5, 0.6) is 0 Å². The molecule has 2 atom stereocenters. The zero-order valence-electron chi connectivity index (χ0n) is 10.1. The Morgan fingerprint density at radius 1 is 1.47 bits per heavy atom. The van der Waals surface area contributed by atoms with Crippen LogP contribution in [0, 0.1) is 11.8 Å². The maximum absolute atomic E-state index is 10.8. The highest BCUT2D eigenvalue weighted by molar-refractivity contribution is 5.88. The van der Waals surface area contributed by atoms with Gasteiger partial charge in [0.25, 0.3) is 0 Å². The van der Waals surface area contributed by atoms with Crippen LogP contribution in [0.4, 0.5) is 5.69 Å². The van der Waals surface area contributed by atoms with Crippen molar-refractivity contribution >= 4 is 11.7 Å². The molecular formula is C14H19NO2. The van der Waals surface area contributed by atoms with Crippen molar-refractivity contribution in [2.45, 2.75) is 26.2 Å². The van der Waals surface area contributed by atoms with Gasteiger partial charge in [-0.25, -0.2) is 4.79 Å². The van der Waals surface area contributed by atoms with Crippen molar-refractivity contribution in [2.24, 2.45) is 11.8 Å². The number of carboxylic acid groups (broad SMARTS) is 1. The van der Waals surface area contributed by atoms with Crippen molar-refractivity contribution in [1.29, 1.82) is 0 Å². The molecule has 0 aliphatic heterocycles. The van der Waals surface area contributed by atoms with Crippen LogP contribution in [0.15, 0.2) is 24.3 Å². The summed E-state index contributed by atoms with van der Waals surface area (Å²) in [6.45, 7) is 3.25. The zero-order chi connectivity index (χ0) is 12.3. The van der Waals surface area contributed by atoms with Gasteiger partial charge in [0, 0.05) is 12.2 Å². The molecule has 0 spiro atoms. The zero-order valence-corrected chi connectivity index (χ0v) is 10.1. The van der Waals surface area contributed by atoms with E-state index in [9.17, 15) is 4.79 Å². The van der Waals surface area contributed by atoms with E-state index in [-0.39, 0.29) is 0 Å². The minimum Gasteiger partial charge on any atom is -0.478 e. The van der Waals surface area contributed by atoms with Crippen molar-refractivity contribution in [3.8, 4) is 0 Å². The van der Waals surface area contributed by atoms with Crippen LogP contribution in [0.1, 0.15) is 36.5 Å². The van der Waals surface area contributed by atoms with E-state index >= 15 is 0 Å². The SMILES string of the molecule is CC1CCCC1CNc1cccc(C(=O)O)c1. The fourth-order valence-corrected chi connectivity index (χ4v) is 2.54. The van der Waals surface area contributed by atoms with Crippen molar-refractivity contribution < 1.29 is 9.90 Å². The maximum Gasteiger partial charge on any atom is 0.335 e. The molecule has 3 nitrogen and oxygen atoms in total. The molecule has 1 aliphatic carbocycles. The summed E-state index contributed by atoms with van der Waals surface area (Å²) >= 11 is 0. The van der Waals surface area contributed by atoms with E-state index in [0.29, 0.717) is 5.56 Å². The van der Waals surface area contributed by atoms with Crippen LogP contribution in [0.3, 0.4) is 0 Å². The second kappa shape index (κ2) is 5.21. The quantitative estimate of drug-likeness (QED) is 0.839. The van der Waals surface area contributed by atoms with Crippen molar-refractivity contribution in [3.63, 3.8) is 0 Å². The highest BCUT2D eigenvalue weighted by Gasteiger charge is 2.22. The van der Waals surface area contributed by atoms with E-state index < -0.39 is 5.97 Å². The number of rotatable bonds is 4. The summed E-state index contributed by atoms with van der Waals surface area (Å²) in [4.78, 5) is 10.8. The van der Waals surface area contributed by atoms with Crippen LogP contribution >= 0.6 is 0 Å². The number of carbonyl (C=O) groups is 1. The molecule has 0 saturated heterocycles. The van der Waals surface area contributed by atoms with Gasteiger partial charge in [-0.15, -0.1) is 0 Å². The lowest BCUT2D eigenvalue weighted by atomic mass is 9.98. The molecule has 2 N–H and O–H groups in total. The summed E-state index contributed by atoms with van der Waals surface area (Å²) in [7, 11) is 0. The largest absolute Gasteiger partial charge is 0.478 e. The lowest BCUT2D eigenvalue weighted by Crippen LogP contribution is -2.16. The number of hydrogen-bond donors (Lipinski definition) is 2. The average molecular weight is 233 g/mol. The molecule has 2 rings (SSSR count). The van der Waals surface area contributed by atoms with Gasteiger partial charge in [-0.05, 0) is 36.5 Å². The van der Waals surface area contributed by atoms with Gasteiger partial charge in [-0.3, -0.25) is 0 Å². The molecule has 17 heavy (non-hydrogen) atoms. The van der Waals surface area contributed by atoms with Crippen LogP contribution in [0.2, 0.25) is 0 Å². The highest BCUT2D eigenvalue weighted by Crippen LogP contribution is 2.31. The first kappa shape index (κ1) is 12.0. The van der Waals surface area contributed by atoms with E-state index in [1.165, 1.54) is 19.3 Å². The molecule has 3 heteroatoms. The third-order valence-corrected chi connectivity index (χ3v) is 3.72. The number of carboxylic acids is 1. The minimum atomic E-state index is -0.872. The van der Waals surface area contributed by atoms with Gasteiger partial charge in [-0.2, -0.15) is 0 Å². The lowest BCUT2D eigenvalue weighted by molar-refractivity contribution is 0.0697. The van der Waals surface area contributed by atoms with Crippen molar-refractivity contribution in [2.75, 3.05) is 11.9 Å². The predicted molar refractivity (Wildman–Crippen MR) is 68.4 cm³/mol. The number of aromatic carboxylic acids is 1. The van der Waals surface area contributed by atoms with E-state index in [4.69, 9.17) is 5.11 Å². The molecule has 1 aromatic carbocycles. The third kappa shape index (κ3) is 2.99. The van der Waals surface area contributed by atoms with Gasteiger partial charge in [0.1, 0.15) is 0 Å². The first-order valence-corrected chi connectivity index (χ1v) is 6.24. The predicted octanol–water partition coefficient (Wildman–Crippen LogP) is 3.23. The molecule has 0 heterocycles. The first-order valence-electron chi connectivity index (χ1n) is 6.24. The Labute approximate surface area is 102 Å². The molecule has 1 aliphatic rings. The van der Waals surface area contributed by atoms with Gasteiger partial charge in [0.05, 0.1) is 5.56 Å². The summed E-state index contributed by atoms with van der Waals surface area (Å²) in [5, 5.41) is 12.3. The van der Waals surface area contributed by atoms with Crippen LogP contribution in [-0.4, -0.2) is 17.6 Å². The van der Waals surface area contributed by atoms with Gasteiger partial charge in [-0.1, -0.05) is 25.8 Å². The summed E-state index contributed by atoms with van der Waals surface area (Å²) in [5.74, 6) is 0.636. The number of hydrogen-bond acceptors (Lipinski definition) is 2. The Kier molecular flexibility index (Phi) is 3.67.